The number of aromatic nitrogens is 4. The first kappa shape index (κ1) is 16.5. The van der Waals surface area contributed by atoms with Gasteiger partial charge in [0.25, 0.3) is 0 Å². The summed E-state index contributed by atoms with van der Waals surface area (Å²) in [5.74, 6) is 0.660. The van der Waals surface area contributed by atoms with Gasteiger partial charge in [0.15, 0.2) is 5.82 Å². The van der Waals surface area contributed by atoms with Crippen molar-refractivity contribution in [2.75, 3.05) is 38.3 Å². The van der Waals surface area contributed by atoms with Crippen LogP contribution in [0.15, 0.2) is 21.9 Å². The summed E-state index contributed by atoms with van der Waals surface area (Å²) in [7, 11) is -2.32. The van der Waals surface area contributed by atoms with Gasteiger partial charge in [0, 0.05) is 13.1 Å². The van der Waals surface area contributed by atoms with Crippen LogP contribution in [0.25, 0.3) is 0 Å². The van der Waals surface area contributed by atoms with Gasteiger partial charge < -0.3 is 18.9 Å². The Morgan fingerprint density at radius 3 is 2.75 bits per heavy atom. The highest BCUT2D eigenvalue weighted by atomic mass is 32.2. The summed E-state index contributed by atoms with van der Waals surface area (Å²) in [6.45, 7) is 2.30. The molecule has 0 unspecified atom stereocenters. The van der Waals surface area contributed by atoms with E-state index < -0.39 is 10.0 Å². The lowest BCUT2D eigenvalue weighted by atomic mass is 10.4. The Labute approximate surface area is 138 Å². The summed E-state index contributed by atoms with van der Waals surface area (Å²) >= 11 is 0. The van der Waals surface area contributed by atoms with Crippen LogP contribution in [0, 0.1) is 0 Å². The van der Waals surface area contributed by atoms with Crippen molar-refractivity contribution in [1.29, 1.82) is 0 Å². The fourth-order valence-corrected chi connectivity index (χ4v) is 2.87. The third-order valence-electron chi connectivity index (χ3n) is 3.27. The molecule has 0 aliphatic carbocycles. The first-order valence-corrected chi connectivity index (χ1v) is 8.57. The van der Waals surface area contributed by atoms with Crippen LogP contribution < -0.4 is 14.4 Å². The zero-order chi connectivity index (χ0) is 17.0. The minimum Gasteiger partial charge on any atom is -0.467 e. The summed E-state index contributed by atoms with van der Waals surface area (Å²) in [5, 5.41) is 3.37. The fourth-order valence-electron chi connectivity index (χ4n) is 2.03. The van der Waals surface area contributed by atoms with Crippen molar-refractivity contribution in [1.82, 2.24) is 24.8 Å². The predicted molar refractivity (Wildman–Crippen MR) is 79.9 cm³/mol. The van der Waals surface area contributed by atoms with E-state index in [1.54, 1.807) is 0 Å². The maximum Gasteiger partial charge on any atom is 0.321 e. The van der Waals surface area contributed by atoms with Crippen molar-refractivity contribution in [3.63, 3.8) is 0 Å². The van der Waals surface area contributed by atoms with Crippen molar-refractivity contribution in [2.45, 2.75) is 11.4 Å². The molecule has 0 amide bonds. The highest BCUT2D eigenvalue weighted by molar-refractivity contribution is 7.89. The van der Waals surface area contributed by atoms with Gasteiger partial charge in [-0.3, -0.25) is 0 Å². The second kappa shape index (κ2) is 7.07. The average molecular weight is 356 g/mol. The van der Waals surface area contributed by atoms with E-state index in [0.717, 1.165) is 12.5 Å². The minimum atomic E-state index is -3.75. The second-order valence-corrected chi connectivity index (χ2v) is 6.59. The van der Waals surface area contributed by atoms with Crippen LogP contribution in [-0.4, -0.2) is 61.9 Å². The largest absolute Gasteiger partial charge is 0.467 e. The van der Waals surface area contributed by atoms with E-state index in [9.17, 15) is 8.42 Å². The highest BCUT2D eigenvalue weighted by Gasteiger charge is 2.19. The molecule has 3 rings (SSSR count). The molecule has 1 fully saturated rings. The highest BCUT2D eigenvalue weighted by Crippen LogP contribution is 2.14. The van der Waals surface area contributed by atoms with Gasteiger partial charge in [-0.05, 0) is 0 Å². The standard InChI is InChI=1S/C12H16N6O5S/c1-21-12-16-10(7-14-24(19,20)9-6-13-23-8-9)15-11(17-12)18-2-4-22-5-3-18/h6,8,14H,2-5,7H2,1H3. The first-order chi connectivity index (χ1) is 11.6. The van der Waals surface area contributed by atoms with Crippen LogP contribution in [-0.2, 0) is 21.3 Å². The Balaban J connectivity index is 1.77. The number of rotatable bonds is 6. The fraction of sp³-hybridized carbons (Fsp3) is 0.500. The van der Waals surface area contributed by atoms with Gasteiger partial charge in [-0.25, -0.2) is 13.1 Å². The van der Waals surface area contributed by atoms with E-state index in [-0.39, 0.29) is 23.3 Å². The number of hydrogen-bond acceptors (Lipinski definition) is 10. The Bertz CT molecular complexity index is 775. The van der Waals surface area contributed by atoms with Gasteiger partial charge in [0.05, 0.1) is 33.1 Å². The Morgan fingerprint density at radius 1 is 1.29 bits per heavy atom. The lowest BCUT2D eigenvalue weighted by molar-refractivity contribution is 0.122. The number of ether oxygens (including phenoxy) is 2. The molecule has 1 saturated heterocycles. The topological polar surface area (TPSA) is 133 Å². The monoisotopic (exact) mass is 356 g/mol. The van der Waals surface area contributed by atoms with Crippen molar-refractivity contribution in [2.24, 2.45) is 0 Å². The van der Waals surface area contributed by atoms with Crippen molar-refractivity contribution < 1.29 is 22.4 Å². The molecule has 0 atom stereocenters. The molecule has 1 aliphatic rings. The van der Waals surface area contributed by atoms with Crippen molar-refractivity contribution in [3.8, 4) is 6.01 Å². The molecule has 0 spiro atoms. The van der Waals surface area contributed by atoms with E-state index in [1.165, 1.54) is 7.11 Å². The molecule has 2 aromatic heterocycles. The Hall–Kier alpha value is -2.31. The summed E-state index contributed by atoms with van der Waals surface area (Å²) < 4.78 is 41.4. The summed E-state index contributed by atoms with van der Waals surface area (Å²) in [4.78, 5) is 14.4. The summed E-state index contributed by atoms with van der Waals surface area (Å²) in [5.41, 5.74) is 0. The smallest absolute Gasteiger partial charge is 0.321 e. The van der Waals surface area contributed by atoms with Crippen LogP contribution in [0.2, 0.25) is 0 Å². The van der Waals surface area contributed by atoms with E-state index in [0.29, 0.717) is 32.3 Å². The molecule has 12 heteroatoms. The lowest BCUT2D eigenvalue weighted by Gasteiger charge is -2.26. The molecule has 0 radical (unpaired) electrons. The molecule has 1 N–H and O–H groups in total. The molecule has 2 aromatic rings. The van der Waals surface area contributed by atoms with Gasteiger partial charge in [0.2, 0.25) is 16.0 Å². The third-order valence-corrected chi connectivity index (χ3v) is 4.61. The molecule has 1 aliphatic heterocycles. The maximum absolute atomic E-state index is 12.1. The number of hydrogen-bond donors (Lipinski definition) is 1. The number of sulfonamides is 1. The van der Waals surface area contributed by atoms with E-state index in [1.807, 2.05) is 4.90 Å². The average Bonchev–Trinajstić information content (AvgIpc) is 3.16. The van der Waals surface area contributed by atoms with E-state index in [4.69, 9.17) is 9.47 Å². The normalized spacial score (nSPS) is 15.5. The van der Waals surface area contributed by atoms with Crippen LogP contribution >= 0.6 is 0 Å². The van der Waals surface area contributed by atoms with Gasteiger partial charge in [-0.15, -0.1) is 0 Å². The van der Waals surface area contributed by atoms with Crippen LogP contribution in [0.3, 0.4) is 0 Å². The number of morpholine rings is 1. The molecule has 3 heterocycles. The first-order valence-electron chi connectivity index (χ1n) is 7.09. The molecule has 0 saturated carbocycles. The van der Waals surface area contributed by atoms with Crippen LogP contribution in [0.5, 0.6) is 6.01 Å². The lowest BCUT2D eigenvalue weighted by Crippen LogP contribution is -2.37. The van der Waals surface area contributed by atoms with Gasteiger partial charge in [-0.1, -0.05) is 5.16 Å². The molecule has 0 aromatic carbocycles. The minimum absolute atomic E-state index is 0.0723. The van der Waals surface area contributed by atoms with Gasteiger partial charge >= 0.3 is 6.01 Å². The summed E-state index contributed by atoms with van der Waals surface area (Å²) in [6.07, 6.45) is 2.14. The Morgan fingerprint density at radius 2 is 2.08 bits per heavy atom. The van der Waals surface area contributed by atoms with Crippen LogP contribution in [0.4, 0.5) is 5.95 Å². The molecule has 130 valence electrons. The summed E-state index contributed by atoms with van der Waals surface area (Å²) in [6, 6.07) is 0.116. The predicted octanol–water partition coefficient (Wildman–Crippen LogP) is -0.817. The molecule has 11 nitrogen and oxygen atoms in total. The third kappa shape index (κ3) is 3.77. The zero-order valence-corrected chi connectivity index (χ0v) is 13.7. The quantitative estimate of drug-likeness (QED) is 0.700. The van der Waals surface area contributed by atoms with Gasteiger partial charge in [-0.2, -0.15) is 15.0 Å². The Kier molecular flexibility index (Phi) is 4.87. The second-order valence-electron chi connectivity index (χ2n) is 4.82. The van der Waals surface area contributed by atoms with E-state index in [2.05, 4.69) is 29.4 Å². The SMILES string of the molecule is COc1nc(CNS(=O)(=O)c2cnoc2)nc(N2CCOCC2)n1. The van der Waals surface area contributed by atoms with Gasteiger partial charge in [0.1, 0.15) is 11.2 Å². The molecule has 24 heavy (non-hydrogen) atoms. The molecular formula is C12H16N6O5S. The van der Waals surface area contributed by atoms with Crippen molar-refractivity contribution >= 4 is 16.0 Å². The number of nitrogens with one attached hydrogen (secondary N) is 1. The number of anilines is 1. The van der Waals surface area contributed by atoms with Crippen LogP contribution in [0.1, 0.15) is 5.82 Å². The van der Waals surface area contributed by atoms with E-state index >= 15 is 0 Å². The molecule has 0 bridgehead atoms. The molecular weight excluding hydrogens is 340 g/mol. The number of nitrogens with zero attached hydrogens (tertiary/aromatic N) is 5. The zero-order valence-electron chi connectivity index (χ0n) is 12.9. The number of methoxy groups -OCH3 is 1. The van der Waals surface area contributed by atoms with Crippen molar-refractivity contribution in [3.05, 3.63) is 18.3 Å². The maximum atomic E-state index is 12.1.